The largest absolute Gasteiger partial charge is 0.481 e. The predicted octanol–water partition coefficient (Wildman–Crippen LogP) is 5.57. The maximum atomic E-state index is 10.3. The molecule has 0 bridgehead atoms. The molecule has 0 fully saturated rings. The van der Waals surface area contributed by atoms with Crippen LogP contribution in [0.2, 0.25) is 0 Å². The third-order valence-electron chi connectivity index (χ3n) is 3.75. The fraction of sp³-hybridized carbons (Fsp3) is 0.722. The monoisotopic (exact) mass is 294 g/mol. The molecule has 0 amide bonds. The van der Waals surface area contributed by atoms with Crippen LogP contribution in [0.25, 0.3) is 0 Å². The van der Waals surface area contributed by atoms with E-state index in [-0.39, 0.29) is 0 Å². The number of aliphatic carboxylic acids is 1. The molecule has 0 aromatic rings. The van der Waals surface area contributed by atoms with E-state index < -0.39 is 5.97 Å². The summed E-state index contributed by atoms with van der Waals surface area (Å²) in [4.78, 5) is 10.3. The van der Waals surface area contributed by atoms with Crippen molar-refractivity contribution in [2.45, 2.75) is 84.0 Å². The highest BCUT2D eigenvalue weighted by molar-refractivity contribution is 5.66. The molecule has 1 aliphatic rings. The zero-order chi connectivity index (χ0) is 15.3. The van der Waals surface area contributed by atoms with Gasteiger partial charge in [0.05, 0.1) is 0 Å². The van der Waals surface area contributed by atoms with Crippen LogP contribution in [0.4, 0.5) is 0 Å². The maximum absolute atomic E-state index is 10.3. The molecular weight excluding hydrogens is 264 g/mol. The third-order valence-corrected chi connectivity index (χ3v) is 3.75. The van der Waals surface area contributed by atoms with Crippen molar-refractivity contribution in [1.29, 1.82) is 0 Å². The molecule has 0 aromatic heterocycles. The molecular formula is C18H30O3. The second kappa shape index (κ2) is 11.4. The van der Waals surface area contributed by atoms with Crippen LogP contribution < -0.4 is 0 Å². The summed E-state index contributed by atoms with van der Waals surface area (Å²) in [5.74, 6) is 1.74. The van der Waals surface area contributed by atoms with Crippen molar-refractivity contribution in [1.82, 2.24) is 0 Å². The van der Waals surface area contributed by atoms with Crippen molar-refractivity contribution in [3.05, 3.63) is 23.7 Å². The molecule has 0 saturated carbocycles. The maximum Gasteiger partial charge on any atom is 0.303 e. The second-order valence-electron chi connectivity index (χ2n) is 5.78. The molecule has 0 saturated heterocycles. The lowest BCUT2D eigenvalue weighted by Crippen LogP contribution is -1.93. The molecule has 1 aliphatic heterocycles. The summed E-state index contributed by atoms with van der Waals surface area (Å²) in [6, 6.07) is 0. The smallest absolute Gasteiger partial charge is 0.303 e. The van der Waals surface area contributed by atoms with Gasteiger partial charge in [0.2, 0.25) is 0 Å². The van der Waals surface area contributed by atoms with Gasteiger partial charge in [0.1, 0.15) is 11.5 Å². The average Bonchev–Trinajstić information content (AvgIpc) is 3.19. The van der Waals surface area contributed by atoms with Crippen LogP contribution in [-0.4, -0.2) is 11.1 Å². The zero-order valence-corrected chi connectivity index (χ0v) is 13.4. The van der Waals surface area contributed by atoms with Gasteiger partial charge in [-0.3, -0.25) is 4.79 Å². The topological polar surface area (TPSA) is 49.8 Å². The summed E-state index contributed by atoms with van der Waals surface area (Å²) >= 11 is 0. The molecule has 1 rings (SSSR count). The second-order valence-corrected chi connectivity index (χ2v) is 5.78. The average molecular weight is 294 g/mol. The van der Waals surface area contributed by atoms with Gasteiger partial charge in [-0.1, -0.05) is 51.2 Å². The number of hydrogen-bond donors (Lipinski definition) is 1. The predicted molar refractivity (Wildman–Crippen MR) is 86.0 cm³/mol. The lowest BCUT2D eigenvalue weighted by atomic mass is 10.1. The van der Waals surface area contributed by atoms with Crippen LogP contribution in [-0.2, 0) is 9.53 Å². The van der Waals surface area contributed by atoms with Gasteiger partial charge < -0.3 is 9.84 Å². The molecule has 0 radical (unpaired) electrons. The van der Waals surface area contributed by atoms with Crippen LogP contribution in [0.15, 0.2) is 23.7 Å². The van der Waals surface area contributed by atoms with E-state index in [1.54, 1.807) is 0 Å². The number of rotatable bonds is 14. The quantitative estimate of drug-likeness (QED) is 0.336. The molecule has 3 nitrogen and oxygen atoms in total. The summed E-state index contributed by atoms with van der Waals surface area (Å²) in [5, 5.41) is 8.52. The van der Waals surface area contributed by atoms with Gasteiger partial charge >= 0.3 is 5.97 Å². The van der Waals surface area contributed by atoms with E-state index in [9.17, 15) is 4.79 Å². The van der Waals surface area contributed by atoms with E-state index in [1.165, 1.54) is 43.6 Å². The number of hydrogen-bond acceptors (Lipinski definition) is 2. The van der Waals surface area contributed by atoms with Crippen molar-refractivity contribution in [2.75, 3.05) is 0 Å². The molecule has 0 aliphatic carbocycles. The Morgan fingerprint density at radius 2 is 1.76 bits per heavy atom. The van der Waals surface area contributed by atoms with Gasteiger partial charge in [-0.15, -0.1) is 0 Å². The van der Waals surface area contributed by atoms with E-state index in [4.69, 9.17) is 9.84 Å². The normalized spacial score (nSPS) is 13.8. The standard InChI is InChI=1S/C18H30O3/c1-2-3-10-13-16-17(21-16)14-11-8-6-4-5-7-9-12-15-18(19)20/h8,11H,2-7,9-10,12-15H2,1H3,(H,19,20)/b11-8-. The Kier molecular flexibility index (Phi) is 9.68. The van der Waals surface area contributed by atoms with Crippen molar-refractivity contribution in [3.63, 3.8) is 0 Å². The summed E-state index contributed by atoms with van der Waals surface area (Å²) in [6.45, 7) is 2.22. The Bertz CT molecular complexity index is 355. The molecule has 0 aromatic carbocycles. The van der Waals surface area contributed by atoms with Crippen LogP contribution in [0.5, 0.6) is 0 Å². The van der Waals surface area contributed by atoms with E-state index in [2.05, 4.69) is 19.1 Å². The molecule has 0 spiro atoms. The molecule has 0 atom stereocenters. The first kappa shape index (κ1) is 17.8. The summed E-state index contributed by atoms with van der Waals surface area (Å²) < 4.78 is 5.49. The number of carboxylic acids is 1. The highest BCUT2D eigenvalue weighted by atomic mass is 16.6. The lowest BCUT2D eigenvalue weighted by Gasteiger charge is -1.97. The van der Waals surface area contributed by atoms with Gasteiger partial charge in [0.15, 0.2) is 0 Å². The first-order chi connectivity index (χ1) is 10.2. The molecule has 3 heteroatoms. The fourth-order valence-corrected chi connectivity index (χ4v) is 2.38. The Morgan fingerprint density at radius 3 is 2.52 bits per heavy atom. The van der Waals surface area contributed by atoms with Gasteiger partial charge in [0.25, 0.3) is 0 Å². The van der Waals surface area contributed by atoms with Crippen molar-refractivity contribution >= 4 is 5.97 Å². The summed E-state index contributed by atoms with van der Waals surface area (Å²) in [5.41, 5.74) is 0. The molecule has 0 unspecified atom stereocenters. The summed E-state index contributed by atoms with van der Waals surface area (Å²) in [7, 11) is 0. The van der Waals surface area contributed by atoms with E-state index in [1.807, 2.05) is 0 Å². The number of carbonyl (C=O) groups is 1. The van der Waals surface area contributed by atoms with Gasteiger partial charge in [-0.25, -0.2) is 0 Å². The van der Waals surface area contributed by atoms with Crippen LogP contribution in [0, 0.1) is 0 Å². The third kappa shape index (κ3) is 10.2. The lowest BCUT2D eigenvalue weighted by molar-refractivity contribution is -0.137. The number of ether oxygens (including phenoxy) is 1. The fourth-order valence-electron chi connectivity index (χ4n) is 2.38. The minimum absolute atomic E-state index is 0.315. The summed E-state index contributed by atoms with van der Waals surface area (Å²) in [6.07, 6.45) is 17.2. The minimum atomic E-state index is -0.677. The highest BCUT2D eigenvalue weighted by Gasteiger charge is 2.21. The van der Waals surface area contributed by atoms with E-state index in [0.717, 1.165) is 38.5 Å². The first-order valence-corrected chi connectivity index (χ1v) is 8.50. The SMILES string of the molecule is CCCCCC1=C(C/C=C\CCCCCCCC(=O)O)O1. The van der Waals surface area contributed by atoms with Crippen LogP contribution in [0.1, 0.15) is 84.0 Å². The van der Waals surface area contributed by atoms with Crippen molar-refractivity contribution in [2.24, 2.45) is 0 Å². The van der Waals surface area contributed by atoms with Crippen LogP contribution >= 0.6 is 0 Å². The Labute approximate surface area is 129 Å². The van der Waals surface area contributed by atoms with E-state index >= 15 is 0 Å². The number of allylic oxidation sites excluding steroid dienone is 3. The molecule has 120 valence electrons. The Hall–Kier alpha value is -1.25. The van der Waals surface area contributed by atoms with Crippen molar-refractivity contribution < 1.29 is 14.6 Å². The zero-order valence-electron chi connectivity index (χ0n) is 13.4. The van der Waals surface area contributed by atoms with Crippen LogP contribution in [0.3, 0.4) is 0 Å². The van der Waals surface area contributed by atoms with Gasteiger partial charge in [-0.05, 0) is 25.7 Å². The molecule has 1 heterocycles. The van der Waals surface area contributed by atoms with Gasteiger partial charge in [-0.2, -0.15) is 0 Å². The Balaban J connectivity index is 1.86. The van der Waals surface area contributed by atoms with E-state index in [0.29, 0.717) is 6.42 Å². The minimum Gasteiger partial charge on any atom is -0.481 e. The molecule has 21 heavy (non-hydrogen) atoms. The number of unbranched alkanes of at least 4 members (excludes halogenated alkanes) is 7. The Morgan fingerprint density at radius 1 is 1.00 bits per heavy atom. The highest BCUT2D eigenvalue weighted by Crippen LogP contribution is 2.33. The number of carboxylic acid groups (broad SMARTS) is 1. The molecule has 1 N–H and O–H groups in total. The van der Waals surface area contributed by atoms with Crippen molar-refractivity contribution in [3.8, 4) is 0 Å². The first-order valence-electron chi connectivity index (χ1n) is 8.50. The van der Waals surface area contributed by atoms with Gasteiger partial charge in [0, 0.05) is 19.3 Å².